The molecule has 2 rings (SSSR count). The molecule has 18 heavy (non-hydrogen) atoms. The first kappa shape index (κ1) is 13.4. The minimum atomic E-state index is 1.17. The van der Waals surface area contributed by atoms with E-state index in [1.165, 1.54) is 69.5 Å². The van der Waals surface area contributed by atoms with Gasteiger partial charge in [-0.2, -0.15) is 0 Å². The first-order valence-corrected chi connectivity index (χ1v) is 7.45. The van der Waals surface area contributed by atoms with Crippen molar-refractivity contribution in [2.45, 2.75) is 39.0 Å². The number of para-hydroxylation sites is 1. The first-order valence-electron chi connectivity index (χ1n) is 7.45. The lowest BCUT2D eigenvalue weighted by molar-refractivity contribution is 0.595. The standard InChI is InChI=1S/C16H26N2/c1-2-11-17-12-6-3-7-13-18-14-10-15-8-4-5-9-16(15)18/h4-5,8-9,17H,2-3,6-7,10-14H2,1H3. The average molecular weight is 246 g/mol. The van der Waals surface area contributed by atoms with Crippen LogP contribution in [0.25, 0.3) is 0 Å². The van der Waals surface area contributed by atoms with Crippen LogP contribution in [0.5, 0.6) is 0 Å². The molecule has 0 unspecified atom stereocenters. The summed E-state index contributed by atoms with van der Waals surface area (Å²) in [6.45, 7) is 7.01. The van der Waals surface area contributed by atoms with Crippen molar-refractivity contribution in [2.24, 2.45) is 0 Å². The van der Waals surface area contributed by atoms with E-state index in [1.807, 2.05) is 0 Å². The molecular weight excluding hydrogens is 220 g/mol. The van der Waals surface area contributed by atoms with Crippen LogP contribution in [-0.4, -0.2) is 26.2 Å². The summed E-state index contributed by atoms with van der Waals surface area (Å²) < 4.78 is 0. The molecule has 0 aromatic heterocycles. The van der Waals surface area contributed by atoms with E-state index >= 15 is 0 Å². The molecule has 2 nitrogen and oxygen atoms in total. The second-order valence-electron chi connectivity index (χ2n) is 5.18. The maximum atomic E-state index is 3.47. The molecule has 1 aliphatic heterocycles. The van der Waals surface area contributed by atoms with Gasteiger partial charge in [-0.3, -0.25) is 0 Å². The van der Waals surface area contributed by atoms with Gasteiger partial charge in [0.25, 0.3) is 0 Å². The van der Waals surface area contributed by atoms with Gasteiger partial charge in [0.2, 0.25) is 0 Å². The summed E-state index contributed by atoms with van der Waals surface area (Å²) >= 11 is 0. The molecule has 1 aromatic carbocycles. The average Bonchev–Trinajstić information content (AvgIpc) is 2.81. The summed E-state index contributed by atoms with van der Waals surface area (Å²) in [6.07, 6.45) is 6.45. The van der Waals surface area contributed by atoms with Gasteiger partial charge >= 0.3 is 0 Å². The lowest BCUT2D eigenvalue weighted by Gasteiger charge is -2.19. The van der Waals surface area contributed by atoms with Crippen molar-refractivity contribution in [1.82, 2.24) is 5.32 Å². The zero-order valence-electron chi connectivity index (χ0n) is 11.6. The molecule has 0 bridgehead atoms. The summed E-state index contributed by atoms with van der Waals surface area (Å²) in [5, 5.41) is 3.47. The zero-order chi connectivity index (χ0) is 12.6. The predicted octanol–water partition coefficient (Wildman–Crippen LogP) is 3.22. The Balaban J connectivity index is 1.61. The fraction of sp³-hybridized carbons (Fsp3) is 0.625. The van der Waals surface area contributed by atoms with Crippen LogP contribution in [0.2, 0.25) is 0 Å². The highest BCUT2D eigenvalue weighted by atomic mass is 15.1. The van der Waals surface area contributed by atoms with E-state index in [1.54, 1.807) is 0 Å². The maximum absolute atomic E-state index is 3.47. The molecule has 0 amide bonds. The first-order chi connectivity index (χ1) is 8.92. The minimum absolute atomic E-state index is 1.17. The number of hydrogen-bond acceptors (Lipinski definition) is 2. The Morgan fingerprint density at radius 1 is 1.11 bits per heavy atom. The Kier molecular flexibility index (Phi) is 5.53. The summed E-state index contributed by atoms with van der Waals surface area (Å²) in [4.78, 5) is 2.55. The minimum Gasteiger partial charge on any atom is -0.371 e. The number of unbranched alkanes of at least 4 members (excludes halogenated alkanes) is 2. The SMILES string of the molecule is CCCNCCCCCN1CCc2ccccc21. The molecule has 0 atom stereocenters. The van der Waals surface area contributed by atoms with Gasteiger partial charge in [0.15, 0.2) is 0 Å². The third kappa shape index (κ3) is 3.74. The largest absolute Gasteiger partial charge is 0.371 e. The van der Waals surface area contributed by atoms with Crippen LogP contribution >= 0.6 is 0 Å². The van der Waals surface area contributed by atoms with E-state index in [9.17, 15) is 0 Å². The van der Waals surface area contributed by atoms with E-state index in [2.05, 4.69) is 41.4 Å². The van der Waals surface area contributed by atoms with Crippen molar-refractivity contribution in [3.05, 3.63) is 29.8 Å². The molecule has 0 saturated heterocycles. The van der Waals surface area contributed by atoms with E-state index in [0.29, 0.717) is 0 Å². The number of nitrogens with one attached hydrogen (secondary N) is 1. The van der Waals surface area contributed by atoms with E-state index < -0.39 is 0 Å². The predicted molar refractivity (Wildman–Crippen MR) is 79.4 cm³/mol. The van der Waals surface area contributed by atoms with Gasteiger partial charge in [-0.25, -0.2) is 0 Å². The number of rotatable bonds is 8. The van der Waals surface area contributed by atoms with E-state index in [4.69, 9.17) is 0 Å². The van der Waals surface area contributed by atoms with Crippen molar-refractivity contribution in [1.29, 1.82) is 0 Å². The van der Waals surface area contributed by atoms with Crippen molar-refractivity contribution in [3.63, 3.8) is 0 Å². The zero-order valence-corrected chi connectivity index (χ0v) is 11.6. The van der Waals surface area contributed by atoms with Crippen molar-refractivity contribution < 1.29 is 0 Å². The highest BCUT2D eigenvalue weighted by Crippen LogP contribution is 2.27. The lowest BCUT2D eigenvalue weighted by Crippen LogP contribution is -2.22. The maximum Gasteiger partial charge on any atom is 0.0399 e. The van der Waals surface area contributed by atoms with Gasteiger partial charge in [0.05, 0.1) is 0 Å². The van der Waals surface area contributed by atoms with Crippen LogP contribution in [0.1, 0.15) is 38.2 Å². The molecule has 0 aliphatic carbocycles. The molecule has 1 aromatic rings. The second-order valence-corrected chi connectivity index (χ2v) is 5.18. The number of anilines is 1. The third-order valence-corrected chi connectivity index (χ3v) is 3.69. The fourth-order valence-corrected chi connectivity index (χ4v) is 2.67. The van der Waals surface area contributed by atoms with Crippen LogP contribution in [0.3, 0.4) is 0 Å². The summed E-state index contributed by atoms with van der Waals surface area (Å²) in [7, 11) is 0. The number of hydrogen-bond donors (Lipinski definition) is 1. The summed E-state index contributed by atoms with van der Waals surface area (Å²) in [5.41, 5.74) is 3.00. The third-order valence-electron chi connectivity index (χ3n) is 3.69. The smallest absolute Gasteiger partial charge is 0.0399 e. The monoisotopic (exact) mass is 246 g/mol. The van der Waals surface area contributed by atoms with E-state index in [-0.39, 0.29) is 0 Å². The Morgan fingerprint density at radius 2 is 2.00 bits per heavy atom. The summed E-state index contributed by atoms with van der Waals surface area (Å²) in [6, 6.07) is 8.85. The van der Waals surface area contributed by atoms with Crippen LogP contribution < -0.4 is 10.2 Å². The van der Waals surface area contributed by atoms with Gasteiger partial charge in [0.1, 0.15) is 0 Å². The Bertz CT molecular complexity index is 349. The number of nitrogens with zero attached hydrogens (tertiary/aromatic N) is 1. The van der Waals surface area contributed by atoms with Crippen LogP contribution in [0, 0.1) is 0 Å². The number of fused-ring (bicyclic) bond motifs is 1. The highest BCUT2D eigenvalue weighted by molar-refractivity contribution is 5.57. The lowest BCUT2D eigenvalue weighted by atomic mass is 10.2. The van der Waals surface area contributed by atoms with Crippen molar-refractivity contribution >= 4 is 5.69 Å². The normalized spacial score (nSPS) is 13.9. The molecular formula is C16H26N2. The molecule has 1 heterocycles. The van der Waals surface area contributed by atoms with Gasteiger partial charge < -0.3 is 10.2 Å². The second kappa shape index (κ2) is 7.42. The Hall–Kier alpha value is -1.02. The molecule has 1 N–H and O–H groups in total. The van der Waals surface area contributed by atoms with Gasteiger partial charge in [-0.1, -0.05) is 31.5 Å². The van der Waals surface area contributed by atoms with Crippen LogP contribution in [0.4, 0.5) is 5.69 Å². The molecule has 0 spiro atoms. The van der Waals surface area contributed by atoms with Gasteiger partial charge in [0, 0.05) is 18.8 Å². The molecule has 1 aliphatic rings. The fourth-order valence-electron chi connectivity index (χ4n) is 2.67. The summed E-state index contributed by atoms with van der Waals surface area (Å²) in [5.74, 6) is 0. The van der Waals surface area contributed by atoms with E-state index in [0.717, 1.165) is 0 Å². The molecule has 100 valence electrons. The molecule has 2 heteroatoms. The number of benzene rings is 1. The van der Waals surface area contributed by atoms with Crippen LogP contribution in [0.15, 0.2) is 24.3 Å². The van der Waals surface area contributed by atoms with Crippen molar-refractivity contribution in [3.8, 4) is 0 Å². The molecule has 0 saturated carbocycles. The van der Waals surface area contributed by atoms with Gasteiger partial charge in [-0.05, 0) is 50.4 Å². The molecule has 0 fully saturated rings. The highest BCUT2D eigenvalue weighted by Gasteiger charge is 2.16. The van der Waals surface area contributed by atoms with Crippen molar-refractivity contribution in [2.75, 3.05) is 31.1 Å². The Morgan fingerprint density at radius 3 is 2.89 bits per heavy atom. The quantitative estimate of drug-likeness (QED) is 0.709. The van der Waals surface area contributed by atoms with Crippen LogP contribution in [-0.2, 0) is 6.42 Å². The topological polar surface area (TPSA) is 15.3 Å². The Labute approximate surface area is 111 Å². The molecule has 0 radical (unpaired) electrons. The van der Waals surface area contributed by atoms with Gasteiger partial charge in [-0.15, -0.1) is 0 Å².